The number of ether oxygens (including phenoxy) is 1. The average molecular weight is 393 g/mol. The number of nitrogens with zero attached hydrogens (tertiary/aromatic N) is 2. The number of aromatic nitrogens is 1. The lowest BCUT2D eigenvalue weighted by Crippen LogP contribution is -2.30. The molecule has 150 valence electrons. The van der Waals surface area contributed by atoms with E-state index in [1.165, 1.54) is 11.7 Å². The van der Waals surface area contributed by atoms with Crippen molar-refractivity contribution in [3.8, 4) is 5.75 Å². The fraction of sp³-hybridized carbons (Fsp3) is 0.474. The number of carbonyl (C=O) groups is 1. The van der Waals surface area contributed by atoms with Gasteiger partial charge >= 0.3 is 5.97 Å². The number of fused-ring (bicyclic) bond motifs is 1. The Morgan fingerprint density at radius 3 is 2.71 bits per heavy atom. The number of aromatic carboxylic acids is 1. The van der Waals surface area contributed by atoms with Gasteiger partial charge in [-0.15, -0.1) is 0 Å². The number of anilines is 1. The van der Waals surface area contributed by atoms with E-state index in [0.717, 1.165) is 25.1 Å². The summed E-state index contributed by atoms with van der Waals surface area (Å²) in [7, 11) is 1.34. The van der Waals surface area contributed by atoms with Crippen molar-refractivity contribution in [2.75, 3.05) is 31.8 Å². The highest BCUT2D eigenvalue weighted by Gasteiger charge is 2.54. The van der Waals surface area contributed by atoms with Crippen molar-refractivity contribution in [2.24, 2.45) is 11.1 Å². The van der Waals surface area contributed by atoms with Gasteiger partial charge in [0.05, 0.1) is 24.6 Å². The van der Waals surface area contributed by atoms with Gasteiger partial charge in [0, 0.05) is 30.7 Å². The van der Waals surface area contributed by atoms with Gasteiger partial charge < -0.3 is 25.0 Å². The Hall–Kier alpha value is -2.68. The SMILES string of the molecule is COc1c(N2CC(N)C3(CC3)C2)c(F)cc2c(=O)c(C(=O)O)cn(CCF)c12. The molecule has 4 rings (SSSR count). The van der Waals surface area contributed by atoms with E-state index in [9.17, 15) is 19.1 Å². The van der Waals surface area contributed by atoms with Crippen LogP contribution in [0.2, 0.25) is 0 Å². The predicted octanol–water partition coefficient (Wildman–Crippen LogP) is 1.74. The monoisotopic (exact) mass is 393 g/mol. The third kappa shape index (κ3) is 2.64. The number of carboxylic acids is 1. The first-order valence-corrected chi connectivity index (χ1v) is 9.06. The summed E-state index contributed by atoms with van der Waals surface area (Å²) in [4.78, 5) is 25.8. The quantitative estimate of drug-likeness (QED) is 0.803. The number of carboxylic acid groups (broad SMARTS) is 1. The third-order valence-corrected chi connectivity index (χ3v) is 5.92. The number of nitrogens with two attached hydrogens (primary N) is 1. The minimum Gasteiger partial charge on any atom is -0.492 e. The van der Waals surface area contributed by atoms with E-state index in [2.05, 4.69) is 0 Å². The van der Waals surface area contributed by atoms with Gasteiger partial charge in [-0.3, -0.25) is 4.79 Å². The van der Waals surface area contributed by atoms with Crippen LogP contribution in [-0.2, 0) is 6.54 Å². The number of alkyl halides is 1. The lowest BCUT2D eigenvalue weighted by atomic mass is 10.0. The Labute approximate surface area is 159 Å². The molecular weight excluding hydrogens is 372 g/mol. The summed E-state index contributed by atoms with van der Waals surface area (Å²) in [6, 6.07) is 0.926. The summed E-state index contributed by atoms with van der Waals surface area (Å²) in [5.74, 6) is -2.06. The molecule has 3 N–H and O–H groups in total. The summed E-state index contributed by atoms with van der Waals surface area (Å²) in [5, 5.41) is 9.12. The molecule has 2 aromatic rings. The van der Waals surface area contributed by atoms with Gasteiger partial charge in [-0.2, -0.15) is 0 Å². The van der Waals surface area contributed by atoms with Crippen LogP contribution >= 0.6 is 0 Å². The topological polar surface area (TPSA) is 97.8 Å². The normalized spacial score (nSPS) is 20.1. The van der Waals surface area contributed by atoms with Crippen molar-refractivity contribution in [2.45, 2.75) is 25.4 Å². The summed E-state index contributed by atoms with van der Waals surface area (Å²) < 4.78 is 35.0. The van der Waals surface area contributed by atoms with Crippen molar-refractivity contribution in [1.29, 1.82) is 0 Å². The molecule has 1 aromatic heterocycles. The number of pyridine rings is 1. The van der Waals surface area contributed by atoms with E-state index in [4.69, 9.17) is 10.5 Å². The molecule has 28 heavy (non-hydrogen) atoms. The molecule has 1 unspecified atom stereocenters. The molecule has 1 aliphatic carbocycles. The van der Waals surface area contributed by atoms with Crippen LogP contribution in [0.3, 0.4) is 0 Å². The van der Waals surface area contributed by atoms with Crippen LogP contribution in [0.4, 0.5) is 14.5 Å². The van der Waals surface area contributed by atoms with E-state index >= 15 is 4.39 Å². The molecule has 7 nitrogen and oxygen atoms in total. The minimum absolute atomic E-state index is 0.0157. The molecule has 1 saturated carbocycles. The molecule has 0 radical (unpaired) electrons. The van der Waals surface area contributed by atoms with Gasteiger partial charge in [-0.1, -0.05) is 0 Å². The van der Waals surface area contributed by atoms with Gasteiger partial charge in [-0.25, -0.2) is 13.6 Å². The van der Waals surface area contributed by atoms with Crippen molar-refractivity contribution in [3.63, 3.8) is 0 Å². The van der Waals surface area contributed by atoms with Crippen molar-refractivity contribution < 1.29 is 23.4 Å². The second-order valence-electron chi connectivity index (χ2n) is 7.55. The van der Waals surface area contributed by atoms with E-state index in [-0.39, 0.29) is 40.3 Å². The second kappa shape index (κ2) is 6.44. The van der Waals surface area contributed by atoms with E-state index in [0.29, 0.717) is 13.1 Å². The largest absolute Gasteiger partial charge is 0.492 e. The predicted molar refractivity (Wildman–Crippen MR) is 99.5 cm³/mol. The Morgan fingerprint density at radius 2 is 2.18 bits per heavy atom. The first-order valence-electron chi connectivity index (χ1n) is 9.06. The smallest absolute Gasteiger partial charge is 0.341 e. The Morgan fingerprint density at radius 1 is 1.46 bits per heavy atom. The van der Waals surface area contributed by atoms with Crippen LogP contribution in [0.25, 0.3) is 10.9 Å². The fourth-order valence-corrected chi connectivity index (χ4v) is 4.25. The van der Waals surface area contributed by atoms with E-state index in [1.54, 1.807) is 4.90 Å². The average Bonchev–Trinajstić information content (AvgIpc) is 3.35. The number of hydrogen-bond acceptors (Lipinski definition) is 5. The van der Waals surface area contributed by atoms with Crippen LogP contribution in [0.15, 0.2) is 17.1 Å². The molecule has 2 heterocycles. The number of hydrogen-bond donors (Lipinski definition) is 2. The highest BCUT2D eigenvalue weighted by molar-refractivity contribution is 5.97. The number of rotatable bonds is 5. The zero-order valence-corrected chi connectivity index (χ0v) is 15.4. The highest BCUT2D eigenvalue weighted by Crippen LogP contribution is 2.54. The minimum atomic E-state index is -1.45. The summed E-state index contributed by atoms with van der Waals surface area (Å²) in [6.07, 6.45) is 3.04. The van der Waals surface area contributed by atoms with Crippen molar-refractivity contribution >= 4 is 22.6 Å². The van der Waals surface area contributed by atoms with E-state index < -0.39 is 29.5 Å². The van der Waals surface area contributed by atoms with Crippen LogP contribution in [0.1, 0.15) is 23.2 Å². The first-order chi connectivity index (χ1) is 13.3. The number of aryl methyl sites for hydroxylation is 1. The zero-order chi connectivity index (χ0) is 20.2. The molecule has 1 aromatic carbocycles. The lowest BCUT2D eigenvalue weighted by Gasteiger charge is -2.24. The molecule has 2 aliphatic rings. The van der Waals surface area contributed by atoms with Crippen LogP contribution in [-0.4, -0.2) is 48.6 Å². The number of halogens is 2. The first kappa shape index (κ1) is 18.7. The van der Waals surface area contributed by atoms with Crippen molar-refractivity contribution in [3.05, 3.63) is 33.9 Å². The summed E-state index contributed by atoms with van der Waals surface area (Å²) >= 11 is 0. The Balaban J connectivity index is 1.99. The number of benzene rings is 1. The second-order valence-corrected chi connectivity index (χ2v) is 7.55. The molecule has 1 saturated heterocycles. The maximum atomic E-state index is 15.1. The molecule has 0 bridgehead atoms. The Kier molecular flexibility index (Phi) is 4.29. The molecule has 9 heteroatoms. The molecule has 0 amide bonds. The van der Waals surface area contributed by atoms with E-state index in [1.807, 2.05) is 0 Å². The van der Waals surface area contributed by atoms with Crippen LogP contribution in [0.5, 0.6) is 5.75 Å². The van der Waals surface area contributed by atoms with Crippen molar-refractivity contribution in [1.82, 2.24) is 4.57 Å². The summed E-state index contributed by atoms with van der Waals surface area (Å²) in [5.41, 5.74) is 5.19. The summed E-state index contributed by atoms with van der Waals surface area (Å²) in [6.45, 7) is 0.0411. The molecule has 1 spiro atoms. The standard InChI is InChI=1S/C19H21F2N3O4/c1-28-17-14-10(16(25)11(18(26)27)7-23(14)5-4-20)6-12(21)15(17)24-8-13(22)19(9-24)2-3-19/h6-7,13H,2-5,8-9,22H2,1H3,(H,26,27). The van der Waals surface area contributed by atoms with Gasteiger partial charge in [0.1, 0.15) is 17.9 Å². The van der Waals surface area contributed by atoms with Crippen LogP contribution < -0.4 is 20.8 Å². The maximum Gasteiger partial charge on any atom is 0.341 e. The highest BCUT2D eigenvalue weighted by atomic mass is 19.1. The fourth-order valence-electron chi connectivity index (χ4n) is 4.25. The van der Waals surface area contributed by atoms with Crippen LogP contribution in [0, 0.1) is 11.2 Å². The van der Waals surface area contributed by atoms with Gasteiger partial charge in [-0.05, 0) is 18.9 Å². The van der Waals surface area contributed by atoms with Gasteiger partial charge in [0.2, 0.25) is 5.43 Å². The molecule has 1 aliphatic heterocycles. The number of methoxy groups -OCH3 is 1. The molecule has 2 fully saturated rings. The van der Waals surface area contributed by atoms with Gasteiger partial charge in [0.25, 0.3) is 0 Å². The zero-order valence-electron chi connectivity index (χ0n) is 15.4. The third-order valence-electron chi connectivity index (χ3n) is 5.92. The molecule has 1 atom stereocenters. The lowest BCUT2D eigenvalue weighted by molar-refractivity contribution is 0.0694. The maximum absolute atomic E-state index is 15.1. The Bertz CT molecular complexity index is 1030. The van der Waals surface area contributed by atoms with Gasteiger partial charge in [0.15, 0.2) is 11.6 Å². The molecular formula is C19H21F2N3O4.